The molecular formula is C23H28FN3O3. The van der Waals surface area contributed by atoms with E-state index in [0.717, 1.165) is 5.69 Å². The molecule has 1 fully saturated rings. The van der Waals surface area contributed by atoms with Gasteiger partial charge in [0.1, 0.15) is 11.6 Å². The van der Waals surface area contributed by atoms with Crippen molar-refractivity contribution in [1.29, 1.82) is 0 Å². The average Bonchev–Trinajstić information content (AvgIpc) is 2.74. The summed E-state index contributed by atoms with van der Waals surface area (Å²) in [5, 5.41) is 0. The third-order valence-corrected chi connectivity index (χ3v) is 5.08. The van der Waals surface area contributed by atoms with Gasteiger partial charge < -0.3 is 14.5 Å². The van der Waals surface area contributed by atoms with Crippen molar-refractivity contribution in [3.8, 4) is 5.75 Å². The van der Waals surface area contributed by atoms with Crippen LogP contribution in [0.3, 0.4) is 0 Å². The minimum absolute atomic E-state index is 0.0515. The Balaban J connectivity index is 1.47. The largest absolute Gasteiger partial charge is 0.484 e. The topological polar surface area (TPSA) is 53.1 Å². The summed E-state index contributed by atoms with van der Waals surface area (Å²) in [5.41, 5.74) is 0.893. The van der Waals surface area contributed by atoms with Gasteiger partial charge in [-0.3, -0.25) is 14.5 Å². The van der Waals surface area contributed by atoms with Crippen LogP contribution in [-0.4, -0.2) is 67.0 Å². The van der Waals surface area contributed by atoms with Crippen LogP contribution in [0.5, 0.6) is 5.75 Å². The first kappa shape index (κ1) is 21.8. The molecule has 6 nitrogen and oxygen atoms in total. The minimum atomic E-state index is -0.345. The maximum Gasteiger partial charge on any atom is 0.260 e. The number of ether oxygens (including phenoxy) is 1. The first-order chi connectivity index (χ1) is 14.4. The summed E-state index contributed by atoms with van der Waals surface area (Å²) < 4.78 is 18.4. The standard InChI is InChI=1S/C23H28FN3O3/c1-18(2)27(20-6-4-3-5-7-20)22(28)16-25-12-14-26(15-13-25)23(29)17-30-21-10-8-19(24)9-11-21/h3-11,18H,12-17H2,1-2H3. The molecule has 160 valence electrons. The van der Waals surface area contributed by atoms with E-state index >= 15 is 0 Å². The fourth-order valence-electron chi connectivity index (χ4n) is 3.51. The van der Waals surface area contributed by atoms with E-state index in [4.69, 9.17) is 4.74 Å². The van der Waals surface area contributed by atoms with Crippen molar-refractivity contribution < 1.29 is 18.7 Å². The number of piperazine rings is 1. The van der Waals surface area contributed by atoms with Crippen molar-refractivity contribution in [3.05, 3.63) is 60.4 Å². The predicted molar refractivity (Wildman–Crippen MR) is 114 cm³/mol. The van der Waals surface area contributed by atoms with Gasteiger partial charge in [-0.15, -0.1) is 0 Å². The van der Waals surface area contributed by atoms with E-state index in [0.29, 0.717) is 38.5 Å². The fourth-order valence-corrected chi connectivity index (χ4v) is 3.51. The second kappa shape index (κ2) is 10.2. The number of halogens is 1. The Kier molecular flexibility index (Phi) is 7.41. The highest BCUT2D eigenvalue weighted by Gasteiger charge is 2.26. The maximum atomic E-state index is 12.9. The van der Waals surface area contributed by atoms with Gasteiger partial charge in [-0.05, 0) is 50.2 Å². The molecule has 1 aliphatic rings. The molecular weight excluding hydrogens is 385 g/mol. The number of carbonyl (C=O) groups excluding carboxylic acids is 2. The lowest BCUT2D eigenvalue weighted by atomic mass is 10.2. The van der Waals surface area contributed by atoms with Crippen molar-refractivity contribution >= 4 is 17.5 Å². The molecule has 2 aromatic carbocycles. The molecule has 30 heavy (non-hydrogen) atoms. The van der Waals surface area contributed by atoms with Crippen LogP contribution in [0.25, 0.3) is 0 Å². The molecule has 0 atom stereocenters. The number of carbonyl (C=O) groups is 2. The quantitative estimate of drug-likeness (QED) is 0.701. The second-order valence-electron chi connectivity index (χ2n) is 7.59. The highest BCUT2D eigenvalue weighted by Crippen LogP contribution is 2.17. The fraction of sp³-hybridized carbons (Fsp3) is 0.391. The van der Waals surface area contributed by atoms with Gasteiger partial charge in [0.15, 0.2) is 6.61 Å². The number of benzene rings is 2. The smallest absolute Gasteiger partial charge is 0.260 e. The zero-order chi connectivity index (χ0) is 21.5. The predicted octanol–water partition coefficient (Wildman–Crippen LogP) is 2.79. The van der Waals surface area contributed by atoms with Gasteiger partial charge in [0.2, 0.25) is 5.91 Å². The maximum absolute atomic E-state index is 12.9. The molecule has 1 saturated heterocycles. The molecule has 0 aromatic heterocycles. The molecule has 2 aromatic rings. The number of hydrogen-bond acceptors (Lipinski definition) is 4. The van der Waals surface area contributed by atoms with Crippen LogP contribution < -0.4 is 9.64 Å². The summed E-state index contributed by atoms with van der Waals surface area (Å²) in [6.45, 7) is 6.60. The van der Waals surface area contributed by atoms with E-state index in [1.54, 1.807) is 4.90 Å². The average molecular weight is 413 g/mol. The van der Waals surface area contributed by atoms with Gasteiger partial charge in [-0.25, -0.2) is 4.39 Å². The van der Waals surface area contributed by atoms with Crippen LogP contribution >= 0.6 is 0 Å². The van der Waals surface area contributed by atoms with Gasteiger partial charge in [0.25, 0.3) is 5.91 Å². The summed E-state index contributed by atoms with van der Waals surface area (Å²) in [6.07, 6.45) is 0. The Bertz CT molecular complexity index is 835. The van der Waals surface area contributed by atoms with E-state index in [2.05, 4.69) is 4.90 Å². The summed E-state index contributed by atoms with van der Waals surface area (Å²) >= 11 is 0. The number of para-hydroxylation sites is 1. The van der Waals surface area contributed by atoms with Crippen LogP contribution in [0.15, 0.2) is 54.6 Å². The molecule has 2 amide bonds. The summed E-state index contributed by atoms with van der Waals surface area (Å²) in [4.78, 5) is 30.9. The van der Waals surface area contributed by atoms with Crippen LogP contribution in [-0.2, 0) is 9.59 Å². The summed E-state index contributed by atoms with van der Waals surface area (Å²) in [5.74, 6) is 0.0559. The highest BCUT2D eigenvalue weighted by atomic mass is 19.1. The second-order valence-corrected chi connectivity index (χ2v) is 7.59. The molecule has 0 aliphatic carbocycles. The Labute approximate surface area is 176 Å². The number of rotatable bonds is 7. The number of hydrogen-bond donors (Lipinski definition) is 0. The van der Waals surface area contributed by atoms with Crippen LogP contribution in [0.4, 0.5) is 10.1 Å². The third-order valence-electron chi connectivity index (χ3n) is 5.08. The zero-order valence-corrected chi connectivity index (χ0v) is 17.5. The van der Waals surface area contributed by atoms with E-state index < -0.39 is 0 Å². The van der Waals surface area contributed by atoms with Crippen molar-refractivity contribution in [2.45, 2.75) is 19.9 Å². The van der Waals surface area contributed by atoms with Crippen LogP contribution in [0, 0.1) is 5.82 Å². The SMILES string of the molecule is CC(C)N(C(=O)CN1CCN(C(=O)COc2ccc(F)cc2)CC1)c1ccccc1. The molecule has 0 spiro atoms. The molecule has 0 saturated carbocycles. The minimum Gasteiger partial charge on any atom is -0.484 e. The molecule has 0 N–H and O–H groups in total. The molecule has 7 heteroatoms. The first-order valence-corrected chi connectivity index (χ1v) is 10.2. The van der Waals surface area contributed by atoms with Gasteiger partial charge in [0, 0.05) is 37.9 Å². The van der Waals surface area contributed by atoms with Crippen molar-refractivity contribution in [3.63, 3.8) is 0 Å². The van der Waals surface area contributed by atoms with Crippen LogP contribution in [0.2, 0.25) is 0 Å². The summed E-state index contributed by atoms with van der Waals surface area (Å²) in [6, 6.07) is 15.3. The lowest BCUT2D eigenvalue weighted by Crippen LogP contribution is -2.53. The highest BCUT2D eigenvalue weighted by molar-refractivity contribution is 5.95. The van der Waals surface area contributed by atoms with Crippen molar-refractivity contribution in [1.82, 2.24) is 9.80 Å². The van der Waals surface area contributed by atoms with E-state index in [9.17, 15) is 14.0 Å². The van der Waals surface area contributed by atoms with Crippen molar-refractivity contribution in [2.75, 3.05) is 44.2 Å². The summed E-state index contributed by atoms with van der Waals surface area (Å²) in [7, 11) is 0. The zero-order valence-electron chi connectivity index (χ0n) is 17.5. The van der Waals surface area contributed by atoms with E-state index in [1.807, 2.05) is 49.1 Å². The Morgan fingerprint density at radius 3 is 2.23 bits per heavy atom. The molecule has 0 bridgehead atoms. The molecule has 1 heterocycles. The Hall–Kier alpha value is -2.93. The molecule has 0 unspecified atom stereocenters. The number of nitrogens with zero attached hydrogens (tertiary/aromatic N) is 3. The van der Waals surface area contributed by atoms with Crippen LogP contribution in [0.1, 0.15) is 13.8 Å². The van der Waals surface area contributed by atoms with Gasteiger partial charge in [-0.2, -0.15) is 0 Å². The van der Waals surface area contributed by atoms with Gasteiger partial charge in [-0.1, -0.05) is 18.2 Å². The Morgan fingerprint density at radius 2 is 1.63 bits per heavy atom. The molecule has 0 radical (unpaired) electrons. The lowest BCUT2D eigenvalue weighted by molar-refractivity contribution is -0.135. The molecule has 3 rings (SSSR count). The first-order valence-electron chi connectivity index (χ1n) is 10.2. The lowest BCUT2D eigenvalue weighted by Gasteiger charge is -2.36. The van der Waals surface area contributed by atoms with Gasteiger partial charge >= 0.3 is 0 Å². The normalized spacial score (nSPS) is 14.6. The number of anilines is 1. The van der Waals surface area contributed by atoms with Gasteiger partial charge in [0.05, 0.1) is 6.54 Å². The third kappa shape index (κ3) is 5.79. The van der Waals surface area contributed by atoms with E-state index in [1.165, 1.54) is 24.3 Å². The van der Waals surface area contributed by atoms with E-state index in [-0.39, 0.29) is 30.3 Å². The Morgan fingerprint density at radius 1 is 1.00 bits per heavy atom. The number of amides is 2. The monoisotopic (exact) mass is 413 g/mol. The molecule has 1 aliphatic heterocycles. The van der Waals surface area contributed by atoms with Crippen molar-refractivity contribution in [2.24, 2.45) is 0 Å².